The third-order valence-electron chi connectivity index (χ3n) is 3.03. The Balaban J connectivity index is 2.46. The first-order chi connectivity index (χ1) is 10.0. The lowest BCUT2D eigenvalue weighted by molar-refractivity contribution is 0.238. The zero-order valence-corrected chi connectivity index (χ0v) is 14.1. The molecule has 0 aromatic heterocycles. The fourth-order valence-electron chi connectivity index (χ4n) is 2.16. The van der Waals surface area contributed by atoms with Gasteiger partial charge in [-0.2, -0.15) is 0 Å². The average Bonchev–Trinajstić information content (AvgIpc) is 2.43. The third-order valence-corrected chi connectivity index (χ3v) is 3.97. The molecule has 5 heteroatoms. The number of ether oxygens (including phenoxy) is 1. The van der Waals surface area contributed by atoms with Crippen molar-refractivity contribution >= 4 is 22.6 Å². The van der Waals surface area contributed by atoms with Crippen LogP contribution in [-0.2, 0) is 0 Å². The highest BCUT2D eigenvalue weighted by molar-refractivity contribution is 14.1. The normalized spacial score (nSPS) is 12.5. The van der Waals surface area contributed by atoms with Gasteiger partial charge < -0.3 is 4.74 Å². The van der Waals surface area contributed by atoms with Crippen molar-refractivity contribution < 1.29 is 9.13 Å². The lowest BCUT2D eigenvalue weighted by atomic mass is 9.98. The molecule has 2 aromatic carbocycles. The maximum atomic E-state index is 13.3. The molecule has 2 rings (SSSR count). The summed E-state index contributed by atoms with van der Waals surface area (Å²) in [6.45, 7) is 3.95. The van der Waals surface area contributed by atoms with E-state index >= 15 is 0 Å². The summed E-state index contributed by atoms with van der Waals surface area (Å²) in [5.41, 5.74) is 4.65. The molecule has 0 aliphatic carbocycles. The second-order valence-corrected chi connectivity index (χ2v) is 6.13. The van der Waals surface area contributed by atoms with E-state index in [1.165, 1.54) is 12.1 Å². The molecular formula is C16H18FIN2O. The van der Waals surface area contributed by atoms with E-state index in [0.29, 0.717) is 0 Å². The Labute approximate surface area is 137 Å². The van der Waals surface area contributed by atoms with E-state index in [2.05, 4.69) is 28.0 Å². The lowest BCUT2D eigenvalue weighted by Gasteiger charge is -2.22. The van der Waals surface area contributed by atoms with Crippen molar-refractivity contribution in [3.8, 4) is 5.75 Å². The highest BCUT2D eigenvalue weighted by atomic mass is 127. The van der Waals surface area contributed by atoms with Crippen LogP contribution in [0.15, 0.2) is 42.5 Å². The van der Waals surface area contributed by atoms with Crippen molar-refractivity contribution in [3.63, 3.8) is 0 Å². The van der Waals surface area contributed by atoms with Crippen LogP contribution in [0.25, 0.3) is 0 Å². The van der Waals surface area contributed by atoms with Gasteiger partial charge in [-0.1, -0.05) is 24.3 Å². The fourth-order valence-corrected chi connectivity index (χ4v) is 2.95. The summed E-state index contributed by atoms with van der Waals surface area (Å²) >= 11 is 2.11. The van der Waals surface area contributed by atoms with Crippen LogP contribution in [0.1, 0.15) is 31.0 Å². The standard InChI is InChI=1S/C16H18FIN2O/c1-10(2)21-15-6-4-3-5-13(15)16(20-19)12-8-7-11(17)9-14(12)18/h3-10,16,20H,19H2,1-2H3. The Kier molecular flexibility index (Phi) is 5.55. The second kappa shape index (κ2) is 7.20. The van der Waals surface area contributed by atoms with Crippen LogP contribution in [0, 0.1) is 9.39 Å². The van der Waals surface area contributed by atoms with Crippen LogP contribution in [0.5, 0.6) is 5.75 Å². The van der Waals surface area contributed by atoms with Gasteiger partial charge in [-0.15, -0.1) is 0 Å². The number of halogens is 2. The van der Waals surface area contributed by atoms with Crippen LogP contribution in [0.3, 0.4) is 0 Å². The SMILES string of the molecule is CC(C)Oc1ccccc1C(NN)c1ccc(F)cc1I. The maximum absolute atomic E-state index is 13.3. The van der Waals surface area contributed by atoms with Gasteiger partial charge in [-0.25, -0.2) is 9.82 Å². The molecular weight excluding hydrogens is 382 g/mol. The van der Waals surface area contributed by atoms with E-state index in [9.17, 15) is 4.39 Å². The van der Waals surface area contributed by atoms with Crippen LogP contribution in [0.2, 0.25) is 0 Å². The van der Waals surface area contributed by atoms with E-state index in [0.717, 1.165) is 20.4 Å². The Morgan fingerprint density at radius 1 is 1.14 bits per heavy atom. The summed E-state index contributed by atoms with van der Waals surface area (Å²) in [5, 5.41) is 0. The molecule has 21 heavy (non-hydrogen) atoms. The Morgan fingerprint density at radius 3 is 2.48 bits per heavy atom. The van der Waals surface area contributed by atoms with E-state index in [1.807, 2.05) is 38.1 Å². The highest BCUT2D eigenvalue weighted by Gasteiger charge is 2.20. The summed E-state index contributed by atoms with van der Waals surface area (Å²) < 4.78 is 19.9. The van der Waals surface area contributed by atoms with Gasteiger partial charge in [-0.3, -0.25) is 5.84 Å². The Morgan fingerprint density at radius 2 is 1.86 bits per heavy atom. The molecule has 0 heterocycles. The van der Waals surface area contributed by atoms with Gasteiger partial charge in [0, 0.05) is 9.13 Å². The molecule has 0 saturated heterocycles. The summed E-state index contributed by atoms with van der Waals surface area (Å²) in [4.78, 5) is 0. The monoisotopic (exact) mass is 400 g/mol. The predicted octanol–water partition coefficient (Wildman–Crippen LogP) is 3.77. The molecule has 1 unspecified atom stereocenters. The zero-order chi connectivity index (χ0) is 15.4. The molecule has 0 spiro atoms. The largest absolute Gasteiger partial charge is 0.491 e. The molecule has 0 aliphatic rings. The highest BCUT2D eigenvalue weighted by Crippen LogP contribution is 2.32. The number of nitrogens with one attached hydrogen (secondary N) is 1. The van der Waals surface area contributed by atoms with Gasteiger partial charge in [-0.05, 0) is 60.2 Å². The first-order valence-electron chi connectivity index (χ1n) is 6.69. The molecule has 3 nitrogen and oxygen atoms in total. The third kappa shape index (κ3) is 3.93. The number of hydrogen-bond donors (Lipinski definition) is 2. The van der Waals surface area contributed by atoms with E-state index in [4.69, 9.17) is 10.6 Å². The molecule has 0 fully saturated rings. The first-order valence-corrected chi connectivity index (χ1v) is 7.77. The molecule has 0 bridgehead atoms. The van der Waals surface area contributed by atoms with Crippen LogP contribution in [-0.4, -0.2) is 6.10 Å². The van der Waals surface area contributed by atoms with Gasteiger partial charge >= 0.3 is 0 Å². The van der Waals surface area contributed by atoms with Crippen LogP contribution >= 0.6 is 22.6 Å². The Bertz CT molecular complexity index is 619. The minimum atomic E-state index is -0.259. The van der Waals surface area contributed by atoms with Crippen molar-refractivity contribution in [1.82, 2.24) is 5.43 Å². The van der Waals surface area contributed by atoms with Crippen molar-refractivity contribution in [2.45, 2.75) is 26.0 Å². The summed E-state index contributed by atoms with van der Waals surface area (Å²) in [6.07, 6.45) is 0.0665. The van der Waals surface area contributed by atoms with Crippen LogP contribution in [0.4, 0.5) is 4.39 Å². The number of nitrogens with two attached hydrogens (primary N) is 1. The minimum absolute atomic E-state index is 0.0665. The summed E-state index contributed by atoms with van der Waals surface area (Å²) in [6, 6.07) is 12.1. The number of para-hydroxylation sites is 1. The molecule has 112 valence electrons. The molecule has 1 atom stereocenters. The van der Waals surface area contributed by atoms with Gasteiger partial charge in [0.1, 0.15) is 11.6 Å². The average molecular weight is 400 g/mol. The quantitative estimate of drug-likeness (QED) is 0.457. The number of rotatable bonds is 5. The zero-order valence-electron chi connectivity index (χ0n) is 11.9. The molecule has 0 aliphatic heterocycles. The molecule has 0 amide bonds. The Hall–Kier alpha value is -1.18. The topological polar surface area (TPSA) is 47.3 Å². The predicted molar refractivity (Wildman–Crippen MR) is 90.5 cm³/mol. The molecule has 2 aromatic rings. The first kappa shape index (κ1) is 16.2. The van der Waals surface area contributed by atoms with Crippen LogP contribution < -0.4 is 16.0 Å². The van der Waals surface area contributed by atoms with E-state index in [1.54, 1.807) is 6.07 Å². The van der Waals surface area contributed by atoms with Gasteiger partial charge in [0.2, 0.25) is 0 Å². The smallest absolute Gasteiger partial charge is 0.124 e. The fraction of sp³-hybridized carbons (Fsp3) is 0.250. The second-order valence-electron chi connectivity index (χ2n) is 4.97. The van der Waals surface area contributed by atoms with Crippen molar-refractivity contribution in [1.29, 1.82) is 0 Å². The number of benzene rings is 2. The van der Waals surface area contributed by atoms with Gasteiger partial charge in [0.25, 0.3) is 0 Å². The molecule has 0 saturated carbocycles. The van der Waals surface area contributed by atoms with Crippen molar-refractivity contribution in [3.05, 3.63) is 63.0 Å². The van der Waals surface area contributed by atoms with E-state index < -0.39 is 0 Å². The summed E-state index contributed by atoms with van der Waals surface area (Å²) in [7, 11) is 0. The van der Waals surface area contributed by atoms with Gasteiger partial charge in [0.05, 0.1) is 12.1 Å². The lowest BCUT2D eigenvalue weighted by Crippen LogP contribution is -2.30. The molecule has 0 radical (unpaired) electrons. The number of hydrazine groups is 1. The van der Waals surface area contributed by atoms with Crippen molar-refractivity contribution in [2.75, 3.05) is 0 Å². The van der Waals surface area contributed by atoms with Crippen molar-refractivity contribution in [2.24, 2.45) is 5.84 Å². The van der Waals surface area contributed by atoms with E-state index in [-0.39, 0.29) is 18.0 Å². The minimum Gasteiger partial charge on any atom is -0.491 e. The molecule has 3 N–H and O–H groups in total. The summed E-state index contributed by atoms with van der Waals surface area (Å²) in [5.74, 6) is 6.26. The van der Waals surface area contributed by atoms with Gasteiger partial charge in [0.15, 0.2) is 0 Å². The number of hydrogen-bond acceptors (Lipinski definition) is 3. The maximum Gasteiger partial charge on any atom is 0.124 e.